The van der Waals surface area contributed by atoms with Crippen LogP contribution in [0.3, 0.4) is 0 Å². The number of rotatable bonds is 8. The zero-order valence-electron chi connectivity index (χ0n) is 17.6. The largest absolute Gasteiger partial charge is 0.352 e. The third-order valence-electron chi connectivity index (χ3n) is 5.37. The highest BCUT2D eigenvalue weighted by Crippen LogP contribution is 2.22. The summed E-state index contributed by atoms with van der Waals surface area (Å²) in [6, 6.07) is 15.4. The fraction of sp³-hybridized carbons (Fsp3) is 0.292. The zero-order chi connectivity index (χ0) is 22.3. The van der Waals surface area contributed by atoms with Crippen LogP contribution in [0.4, 0.5) is 0 Å². The normalized spacial score (nSPS) is 14.2. The molecule has 0 fully saturated rings. The maximum absolute atomic E-state index is 12.1. The minimum atomic E-state index is -0.0839. The summed E-state index contributed by atoms with van der Waals surface area (Å²) in [7, 11) is 0. The Labute approximate surface area is 197 Å². The molecule has 0 spiro atoms. The number of nitrogens with zero attached hydrogens (tertiary/aromatic N) is 3. The van der Waals surface area contributed by atoms with Crippen molar-refractivity contribution >= 4 is 34.7 Å². The van der Waals surface area contributed by atoms with Crippen molar-refractivity contribution < 1.29 is 9.32 Å². The Kier molecular flexibility index (Phi) is 7.58. The molecule has 0 saturated heterocycles. The summed E-state index contributed by atoms with van der Waals surface area (Å²) in [6.45, 7) is 3.02. The Morgan fingerprint density at radius 1 is 1.12 bits per heavy atom. The summed E-state index contributed by atoms with van der Waals surface area (Å²) in [5.74, 6) is 0.999. The van der Waals surface area contributed by atoms with Gasteiger partial charge in [0, 0.05) is 49.1 Å². The van der Waals surface area contributed by atoms with E-state index < -0.39 is 0 Å². The molecule has 8 heteroatoms. The van der Waals surface area contributed by atoms with E-state index >= 15 is 0 Å². The minimum Gasteiger partial charge on any atom is -0.352 e. The van der Waals surface area contributed by atoms with E-state index in [0.717, 1.165) is 42.2 Å². The molecule has 1 aliphatic heterocycles. The third kappa shape index (κ3) is 6.19. The van der Waals surface area contributed by atoms with Crippen molar-refractivity contribution in [1.82, 2.24) is 20.4 Å². The molecule has 1 aromatic heterocycles. The number of benzene rings is 2. The third-order valence-corrected chi connectivity index (χ3v) is 5.99. The maximum Gasteiger partial charge on any atom is 0.227 e. The van der Waals surface area contributed by atoms with E-state index in [-0.39, 0.29) is 12.3 Å². The van der Waals surface area contributed by atoms with Crippen molar-refractivity contribution in [3.8, 4) is 0 Å². The monoisotopic (exact) mass is 470 g/mol. The van der Waals surface area contributed by atoms with Crippen LogP contribution in [0.15, 0.2) is 59.1 Å². The Morgan fingerprint density at radius 3 is 2.69 bits per heavy atom. The molecule has 1 aliphatic rings. The average Bonchev–Trinajstić information content (AvgIpc) is 3.28. The Balaban J connectivity index is 1.24. The van der Waals surface area contributed by atoms with Gasteiger partial charge in [-0.05, 0) is 41.3 Å². The van der Waals surface area contributed by atoms with Gasteiger partial charge in [-0.25, -0.2) is 0 Å². The van der Waals surface area contributed by atoms with Crippen molar-refractivity contribution in [3.63, 3.8) is 0 Å². The molecule has 0 bridgehead atoms. The van der Waals surface area contributed by atoms with Crippen LogP contribution in [0.2, 0.25) is 10.0 Å². The van der Waals surface area contributed by atoms with Crippen LogP contribution in [0, 0.1) is 0 Å². The van der Waals surface area contributed by atoms with Crippen molar-refractivity contribution in [2.24, 2.45) is 0 Å². The van der Waals surface area contributed by atoms with Gasteiger partial charge in [-0.3, -0.25) is 9.69 Å². The van der Waals surface area contributed by atoms with Crippen LogP contribution < -0.4 is 5.32 Å². The summed E-state index contributed by atoms with van der Waals surface area (Å²) >= 11 is 12.1. The lowest BCUT2D eigenvalue weighted by Crippen LogP contribution is -2.28. The van der Waals surface area contributed by atoms with E-state index in [2.05, 4.69) is 38.6 Å². The van der Waals surface area contributed by atoms with E-state index in [4.69, 9.17) is 27.7 Å². The number of carbonyl (C=O) groups excluding carboxylic acids is 1. The summed E-state index contributed by atoms with van der Waals surface area (Å²) in [6.07, 6.45) is 3.67. The number of halogens is 2. The predicted octanol–water partition coefficient (Wildman–Crippen LogP) is 4.91. The van der Waals surface area contributed by atoms with Gasteiger partial charge in [-0.2, -0.15) is 4.98 Å². The maximum atomic E-state index is 12.1. The van der Waals surface area contributed by atoms with Crippen LogP contribution in [0.5, 0.6) is 0 Å². The fourth-order valence-corrected chi connectivity index (χ4v) is 3.87. The summed E-state index contributed by atoms with van der Waals surface area (Å²) in [4.78, 5) is 19.0. The van der Waals surface area contributed by atoms with Gasteiger partial charge in [0.1, 0.15) is 0 Å². The molecule has 1 N–H and O–H groups in total. The molecule has 4 rings (SSSR count). The first-order valence-corrected chi connectivity index (χ1v) is 11.3. The molecule has 0 unspecified atom stereocenters. The predicted molar refractivity (Wildman–Crippen MR) is 125 cm³/mol. The summed E-state index contributed by atoms with van der Waals surface area (Å²) < 4.78 is 5.35. The number of aromatic nitrogens is 2. The first-order chi connectivity index (χ1) is 15.6. The highest BCUT2D eigenvalue weighted by Gasteiger charge is 2.18. The molecule has 166 valence electrons. The smallest absolute Gasteiger partial charge is 0.227 e. The second-order valence-corrected chi connectivity index (χ2v) is 8.56. The lowest BCUT2D eigenvalue weighted by atomic mass is 10.1. The minimum absolute atomic E-state index is 0.0839. The Hall–Kier alpha value is -2.67. The molecule has 0 aliphatic carbocycles. The van der Waals surface area contributed by atoms with Crippen molar-refractivity contribution in [1.29, 1.82) is 0 Å². The average molecular weight is 471 g/mol. The topological polar surface area (TPSA) is 71.3 Å². The number of hydrogen-bond acceptors (Lipinski definition) is 5. The number of nitrogens with one attached hydrogen (secondary N) is 1. The van der Waals surface area contributed by atoms with Gasteiger partial charge < -0.3 is 9.84 Å². The highest BCUT2D eigenvalue weighted by molar-refractivity contribution is 6.31. The fourth-order valence-electron chi connectivity index (χ4n) is 3.54. The first kappa shape index (κ1) is 22.5. The van der Waals surface area contributed by atoms with Gasteiger partial charge in [0.25, 0.3) is 0 Å². The second kappa shape index (κ2) is 10.8. The molecule has 1 amide bonds. The van der Waals surface area contributed by atoms with E-state index in [1.165, 1.54) is 5.56 Å². The number of amides is 1. The van der Waals surface area contributed by atoms with Crippen LogP contribution in [-0.4, -0.2) is 34.0 Å². The zero-order valence-corrected chi connectivity index (χ0v) is 19.1. The van der Waals surface area contributed by atoms with Crippen molar-refractivity contribution in [2.75, 3.05) is 13.1 Å². The van der Waals surface area contributed by atoms with Crippen molar-refractivity contribution in [2.45, 2.75) is 32.4 Å². The first-order valence-electron chi connectivity index (χ1n) is 10.6. The molecule has 6 nitrogen and oxygen atoms in total. The van der Waals surface area contributed by atoms with Gasteiger partial charge >= 0.3 is 0 Å². The van der Waals surface area contributed by atoms with Gasteiger partial charge in [0.05, 0.1) is 0 Å². The number of hydrogen-bond donors (Lipinski definition) is 1. The molecule has 0 saturated carbocycles. The summed E-state index contributed by atoms with van der Waals surface area (Å²) in [5.41, 5.74) is 3.20. The second-order valence-electron chi connectivity index (χ2n) is 7.72. The molecule has 0 atom stereocenters. The highest BCUT2D eigenvalue weighted by atomic mass is 35.5. The van der Waals surface area contributed by atoms with Gasteiger partial charge in [0.2, 0.25) is 11.8 Å². The van der Waals surface area contributed by atoms with E-state index in [1.54, 1.807) is 6.07 Å². The molecular formula is C24H24Cl2N4O2. The Morgan fingerprint density at radius 2 is 1.94 bits per heavy atom. The van der Waals surface area contributed by atoms with E-state index in [0.29, 0.717) is 29.7 Å². The van der Waals surface area contributed by atoms with Crippen LogP contribution >= 0.6 is 23.2 Å². The number of aryl methyl sites for hydroxylation is 1. The van der Waals surface area contributed by atoms with Crippen LogP contribution in [0.25, 0.3) is 5.57 Å². The molecule has 0 radical (unpaired) electrons. The van der Waals surface area contributed by atoms with E-state index in [1.807, 2.05) is 30.3 Å². The molecule has 3 aromatic rings. The van der Waals surface area contributed by atoms with Gasteiger partial charge in [-0.1, -0.05) is 64.8 Å². The Bertz CT molecular complexity index is 1100. The summed E-state index contributed by atoms with van der Waals surface area (Å²) in [5, 5.41) is 8.37. The lowest BCUT2D eigenvalue weighted by Gasteiger charge is -2.25. The van der Waals surface area contributed by atoms with Crippen molar-refractivity contribution in [3.05, 3.63) is 87.5 Å². The SMILES string of the molecule is O=C(CCc1nc(C2=CCN(Cc3ccc(Cl)cc3)CC2)no1)NCc1ccccc1Cl. The van der Waals surface area contributed by atoms with E-state index in [9.17, 15) is 4.79 Å². The molecule has 32 heavy (non-hydrogen) atoms. The quantitative estimate of drug-likeness (QED) is 0.505. The van der Waals surface area contributed by atoms with Gasteiger partial charge in [0.15, 0.2) is 5.82 Å². The van der Waals surface area contributed by atoms with Gasteiger partial charge in [-0.15, -0.1) is 0 Å². The van der Waals surface area contributed by atoms with Crippen LogP contribution in [0.1, 0.15) is 35.7 Å². The lowest BCUT2D eigenvalue weighted by molar-refractivity contribution is -0.121. The molecular weight excluding hydrogens is 447 g/mol. The molecule has 2 aromatic carbocycles. The molecule has 2 heterocycles. The van der Waals surface area contributed by atoms with Crippen LogP contribution in [-0.2, 0) is 24.3 Å². The standard InChI is InChI=1S/C24H24Cl2N4O2/c25-20-7-5-17(6-8-20)16-30-13-11-18(12-14-30)24-28-23(32-29-24)10-9-22(31)27-15-19-3-1-2-4-21(19)26/h1-8,11H,9-10,12-16H2,(H,27,31). The number of carbonyl (C=O) groups is 1.